The minimum absolute atomic E-state index is 0. The molecule has 0 aliphatic heterocycles. The monoisotopic (exact) mass is 471 g/mol. The van der Waals surface area contributed by atoms with Crippen molar-refractivity contribution in [3.8, 4) is 0 Å². The molecule has 3 aromatic rings. The van der Waals surface area contributed by atoms with Crippen LogP contribution in [-0.4, -0.2) is 43.0 Å². The summed E-state index contributed by atoms with van der Waals surface area (Å²) in [5, 5.41) is 1.55. The van der Waals surface area contributed by atoms with Crippen molar-refractivity contribution in [2.24, 2.45) is 0 Å². The molecule has 8 heteroatoms. The van der Waals surface area contributed by atoms with Crippen LogP contribution in [0.3, 0.4) is 0 Å². The third-order valence-electron chi connectivity index (χ3n) is 4.43. The van der Waals surface area contributed by atoms with Gasteiger partial charge >= 0.3 is 0 Å². The number of benzene rings is 2. The maximum atomic E-state index is 13.3. The lowest BCUT2D eigenvalue weighted by Crippen LogP contribution is -2.33. The summed E-state index contributed by atoms with van der Waals surface area (Å²) in [6, 6.07) is 9.15. The second-order valence-corrected chi connectivity index (χ2v) is 8.99. The van der Waals surface area contributed by atoms with E-state index in [1.165, 1.54) is 5.56 Å². The van der Waals surface area contributed by atoms with Gasteiger partial charge in [0.1, 0.15) is 0 Å². The van der Waals surface area contributed by atoms with Crippen molar-refractivity contribution >= 4 is 68.2 Å². The van der Waals surface area contributed by atoms with Gasteiger partial charge in [-0.15, -0.1) is 12.4 Å². The van der Waals surface area contributed by atoms with E-state index in [9.17, 15) is 4.79 Å². The molecule has 1 aromatic heterocycles. The van der Waals surface area contributed by atoms with Crippen LogP contribution in [0.1, 0.15) is 27.9 Å². The molecule has 0 spiro atoms. The zero-order valence-corrected chi connectivity index (χ0v) is 20.0. The summed E-state index contributed by atoms with van der Waals surface area (Å²) in [5.74, 6) is -0.158. The van der Waals surface area contributed by atoms with Gasteiger partial charge in [0, 0.05) is 11.6 Å². The molecule has 1 amide bonds. The molecular weight excluding hydrogens is 449 g/mol. The molecular formula is C21H24Cl3N3OS. The van der Waals surface area contributed by atoms with E-state index in [-0.39, 0.29) is 18.3 Å². The van der Waals surface area contributed by atoms with E-state index in [4.69, 9.17) is 28.2 Å². The molecule has 0 radical (unpaired) electrons. The smallest absolute Gasteiger partial charge is 0.261 e. The van der Waals surface area contributed by atoms with Gasteiger partial charge in [0.25, 0.3) is 5.91 Å². The van der Waals surface area contributed by atoms with Crippen LogP contribution in [0, 0.1) is 13.8 Å². The number of carbonyl (C=O) groups excluding carboxylic acids is 1. The van der Waals surface area contributed by atoms with Crippen LogP contribution in [0.4, 0.5) is 5.13 Å². The zero-order valence-electron chi connectivity index (χ0n) is 16.8. The number of thiazole rings is 1. The van der Waals surface area contributed by atoms with Crippen molar-refractivity contribution < 1.29 is 4.79 Å². The highest BCUT2D eigenvalue weighted by Gasteiger charge is 2.23. The van der Waals surface area contributed by atoms with Crippen molar-refractivity contribution in [1.29, 1.82) is 0 Å². The van der Waals surface area contributed by atoms with Crippen LogP contribution in [-0.2, 0) is 0 Å². The minimum Gasteiger partial charge on any atom is -0.309 e. The first-order valence-electron chi connectivity index (χ1n) is 9.05. The Balaban J connectivity index is 0.00000300. The first kappa shape index (κ1) is 23.9. The molecule has 29 heavy (non-hydrogen) atoms. The molecule has 0 aliphatic carbocycles. The zero-order chi connectivity index (χ0) is 20.4. The molecule has 156 valence electrons. The molecule has 0 N–H and O–H groups in total. The molecule has 4 nitrogen and oxygen atoms in total. The number of carbonyl (C=O) groups is 1. The number of anilines is 1. The number of nitrogens with zero attached hydrogens (tertiary/aromatic N) is 3. The number of aryl methyl sites for hydroxylation is 2. The number of halogens is 3. The van der Waals surface area contributed by atoms with Crippen LogP contribution >= 0.6 is 46.9 Å². The third-order valence-corrected chi connectivity index (χ3v) is 6.21. The topological polar surface area (TPSA) is 36.4 Å². The van der Waals surface area contributed by atoms with Gasteiger partial charge in [0.2, 0.25) is 0 Å². The lowest BCUT2D eigenvalue weighted by molar-refractivity contribution is 0.0986. The molecule has 0 fully saturated rings. The number of fused-ring (bicyclic) bond motifs is 1. The summed E-state index contributed by atoms with van der Waals surface area (Å²) in [4.78, 5) is 21.9. The standard InChI is InChI=1S/C21H23Cl2N3OS.ClH/c1-13-10-14(2)19-18(11-13)24-21(28-19)26(9-5-8-25(3)4)20(27)16-7-6-15(22)12-17(16)23;/h6-7,10-12H,5,8-9H2,1-4H3;1H. The quantitative estimate of drug-likeness (QED) is 0.426. The maximum absolute atomic E-state index is 13.3. The van der Waals surface area contributed by atoms with Crippen LogP contribution in [0.5, 0.6) is 0 Å². The van der Waals surface area contributed by atoms with Gasteiger partial charge < -0.3 is 4.90 Å². The maximum Gasteiger partial charge on any atom is 0.261 e. The first-order chi connectivity index (χ1) is 13.3. The molecule has 0 saturated carbocycles. The number of rotatable bonds is 6. The van der Waals surface area contributed by atoms with E-state index in [2.05, 4.69) is 30.9 Å². The Morgan fingerprint density at radius 3 is 2.48 bits per heavy atom. The molecule has 0 atom stereocenters. The molecule has 0 saturated heterocycles. The lowest BCUT2D eigenvalue weighted by atomic mass is 10.1. The van der Waals surface area contributed by atoms with Gasteiger partial charge in [-0.05, 0) is 76.3 Å². The Bertz CT molecular complexity index is 1020. The Hall–Kier alpha value is -1.37. The summed E-state index contributed by atoms with van der Waals surface area (Å²) in [5.41, 5.74) is 3.69. The number of amides is 1. The van der Waals surface area contributed by atoms with Gasteiger partial charge in [-0.2, -0.15) is 0 Å². The largest absolute Gasteiger partial charge is 0.309 e. The summed E-state index contributed by atoms with van der Waals surface area (Å²) >= 11 is 13.8. The van der Waals surface area contributed by atoms with E-state index in [0.717, 1.165) is 28.7 Å². The summed E-state index contributed by atoms with van der Waals surface area (Å²) in [7, 11) is 4.04. The van der Waals surface area contributed by atoms with Gasteiger partial charge in [-0.25, -0.2) is 4.98 Å². The number of hydrogen-bond donors (Lipinski definition) is 0. The SMILES string of the molecule is Cc1cc(C)c2sc(N(CCCN(C)C)C(=O)c3ccc(Cl)cc3Cl)nc2c1.Cl. The molecule has 0 unspecified atom stereocenters. The van der Waals surface area contributed by atoms with Crippen molar-refractivity contribution in [1.82, 2.24) is 9.88 Å². The normalized spacial score (nSPS) is 11.0. The summed E-state index contributed by atoms with van der Waals surface area (Å²) in [6.07, 6.45) is 0.831. The fraction of sp³-hybridized carbons (Fsp3) is 0.333. The predicted octanol–water partition coefficient (Wildman–Crippen LogP) is 6.24. The van der Waals surface area contributed by atoms with Crippen LogP contribution < -0.4 is 4.90 Å². The highest BCUT2D eigenvalue weighted by molar-refractivity contribution is 7.22. The van der Waals surface area contributed by atoms with Crippen molar-refractivity contribution in [2.45, 2.75) is 20.3 Å². The van der Waals surface area contributed by atoms with Gasteiger partial charge in [-0.3, -0.25) is 9.69 Å². The lowest BCUT2D eigenvalue weighted by Gasteiger charge is -2.21. The van der Waals surface area contributed by atoms with Gasteiger partial charge in [0.15, 0.2) is 5.13 Å². The fourth-order valence-corrected chi connectivity index (χ4v) is 4.65. The molecule has 1 heterocycles. The van der Waals surface area contributed by atoms with Gasteiger partial charge in [0.05, 0.1) is 20.8 Å². The van der Waals surface area contributed by atoms with Crippen LogP contribution in [0.2, 0.25) is 10.0 Å². The molecule has 0 aliphatic rings. The van der Waals surface area contributed by atoms with Crippen LogP contribution in [0.25, 0.3) is 10.2 Å². The summed E-state index contributed by atoms with van der Waals surface area (Å²) in [6.45, 7) is 5.57. The Labute approximate surface area is 191 Å². The van der Waals surface area contributed by atoms with E-state index in [1.807, 2.05) is 14.1 Å². The fourth-order valence-electron chi connectivity index (χ4n) is 3.12. The Morgan fingerprint density at radius 1 is 1.10 bits per heavy atom. The average molecular weight is 473 g/mol. The molecule has 3 rings (SSSR count). The van der Waals surface area contributed by atoms with Crippen LogP contribution in [0.15, 0.2) is 30.3 Å². The number of hydrogen-bond acceptors (Lipinski definition) is 4. The second-order valence-electron chi connectivity index (χ2n) is 7.16. The highest BCUT2D eigenvalue weighted by atomic mass is 35.5. The van der Waals surface area contributed by atoms with E-state index >= 15 is 0 Å². The third kappa shape index (κ3) is 5.62. The first-order valence-corrected chi connectivity index (χ1v) is 10.6. The van der Waals surface area contributed by atoms with E-state index in [0.29, 0.717) is 27.3 Å². The Morgan fingerprint density at radius 2 is 1.83 bits per heavy atom. The Kier molecular flexibility index (Phi) is 8.32. The summed E-state index contributed by atoms with van der Waals surface area (Å²) < 4.78 is 1.10. The van der Waals surface area contributed by atoms with E-state index in [1.54, 1.807) is 34.4 Å². The second kappa shape index (κ2) is 10.1. The molecule has 2 aromatic carbocycles. The number of aromatic nitrogens is 1. The van der Waals surface area contributed by atoms with E-state index < -0.39 is 0 Å². The molecule has 0 bridgehead atoms. The van der Waals surface area contributed by atoms with Gasteiger partial charge in [-0.1, -0.05) is 40.6 Å². The average Bonchev–Trinajstić information content (AvgIpc) is 3.02. The predicted molar refractivity (Wildman–Crippen MR) is 128 cm³/mol. The van der Waals surface area contributed by atoms with Crippen molar-refractivity contribution in [3.05, 3.63) is 57.1 Å². The highest BCUT2D eigenvalue weighted by Crippen LogP contribution is 2.33. The van der Waals surface area contributed by atoms with Crippen molar-refractivity contribution in [3.63, 3.8) is 0 Å². The minimum atomic E-state index is -0.158. The van der Waals surface area contributed by atoms with Crippen molar-refractivity contribution in [2.75, 3.05) is 32.1 Å².